The maximum Gasteiger partial charge on any atom is 0.416 e. The molecule has 170 valence electrons. The van der Waals surface area contributed by atoms with Gasteiger partial charge < -0.3 is 9.73 Å². The van der Waals surface area contributed by atoms with Crippen LogP contribution >= 0.6 is 11.3 Å². The van der Waals surface area contributed by atoms with Crippen LogP contribution in [-0.4, -0.2) is 21.1 Å². The van der Waals surface area contributed by atoms with Gasteiger partial charge in [-0.3, -0.25) is 4.79 Å². The molecule has 10 heteroatoms. The molecule has 0 spiro atoms. The van der Waals surface area contributed by atoms with E-state index in [0.717, 1.165) is 29.8 Å². The smallest absolute Gasteiger partial charge is 0.416 e. The minimum absolute atomic E-state index is 0.0323. The zero-order valence-corrected chi connectivity index (χ0v) is 18.3. The Bertz CT molecular complexity index is 1250. The normalized spacial score (nSPS) is 11.5. The van der Waals surface area contributed by atoms with E-state index in [1.807, 2.05) is 29.6 Å². The van der Waals surface area contributed by atoms with Crippen molar-refractivity contribution < 1.29 is 22.4 Å². The van der Waals surface area contributed by atoms with E-state index in [4.69, 9.17) is 4.42 Å². The highest BCUT2D eigenvalue weighted by Crippen LogP contribution is 2.32. The molecule has 33 heavy (non-hydrogen) atoms. The minimum Gasteiger partial charge on any atom is -0.421 e. The summed E-state index contributed by atoms with van der Waals surface area (Å²) in [4.78, 5) is 16.7. The van der Waals surface area contributed by atoms with Gasteiger partial charge in [0.15, 0.2) is 5.13 Å². The zero-order valence-electron chi connectivity index (χ0n) is 17.5. The maximum atomic E-state index is 12.9. The monoisotopic (exact) mass is 472 g/mol. The number of halogens is 3. The third-order valence-electron chi connectivity index (χ3n) is 4.88. The number of carbonyl (C=O) groups excluding carboxylic acids is 1. The van der Waals surface area contributed by atoms with Gasteiger partial charge in [-0.2, -0.15) is 13.2 Å². The van der Waals surface area contributed by atoms with Gasteiger partial charge in [-0.25, -0.2) is 4.98 Å². The van der Waals surface area contributed by atoms with Gasteiger partial charge in [0.2, 0.25) is 17.7 Å². The van der Waals surface area contributed by atoms with E-state index in [1.165, 1.54) is 29.0 Å². The standard InChI is InChI=1S/C23H19F3N4O2S/c1-2-14-6-8-15(9-7-14)18-13-33-22(27-18)28-19(31)10-11-20-29-30-21(32-20)16-4-3-5-17(12-16)23(24,25)26/h3-9,12-13H,2,10-11H2,1H3,(H,27,28,31). The number of rotatable bonds is 7. The number of thiazole rings is 1. The van der Waals surface area contributed by atoms with Gasteiger partial charge in [-0.15, -0.1) is 21.5 Å². The molecule has 0 aliphatic rings. The Morgan fingerprint density at radius 1 is 1.09 bits per heavy atom. The third kappa shape index (κ3) is 5.64. The Hall–Kier alpha value is -3.53. The van der Waals surface area contributed by atoms with E-state index in [9.17, 15) is 18.0 Å². The van der Waals surface area contributed by atoms with Crippen LogP contribution in [0, 0.1) is 0 Å². The number of aromatic nitrogens is 3. The average Bonchev–Trinajstić information content (AvgIpc) is 3.47. The average molecular weight is 472 g/mol. The van der Waals surface area contributed by atoms with Crippen molar-refractivity contribution in [3.63, 3.8) is 0 Å². The number of alkyl halides is 3. The van der Waals surface area contributed by atoms with Crippen LogP contribution in [0.25, 0.3) is 22.7 Å². The van der Waals surface area contributed by atoms with Gasteiger partial charge in [-0.1, -0.05) is 37.3 Å². The highest BCUT2D eigenvalue weighted by Gasteiger charge is 2.30. The fourth-order valence-corrected chi connectivity index (χ4v) is 3.81. The molecule has 2 heterocycles. The first-order valence-corrected chi connectivity index (χ1v) is 11.0. The Labute approximate surface area is 191 Å². The number of hydrogen-bond donors (Lipinski definition) is 1. The minimum atomic E-state index is -4.47. The number of aryl methyl sites for hydroxylation is 2. The van der Waals surface area contributed by atoms with Crippen molar-refractivity contribution in [3.8, 4) is 22.7 Å². The molecule has 0 unspecified atom stereocenters. The first-order chi connectivity index (χ1) is 15.8. The molecular formula is C23H19F3N4O2S. The van der Waals surface area contributed by atoms with Crippen molar-refractivity contribution in [2.45, 2.75) is 32.4 Å². The number of nitrogens with zero attached hydrogens (tertiary/aromatic N) is 3. The number of nitrogens with one attached hydrogen (secondary N) is 1. The summed E-state index contributed by atoms with van der Waals surface area (Å²) in [5, 5.41) is 12.7. The molecule has 0 saturated carbocycles. The van der Waals surface area contributed by atoms with Gasteiger partial charge in [0.05, 0.1) is 11.3 Å². The Balaban J connectivity index is 1.34. The quantitative estimate of drug-likeness (QED) is 0.356. The summed E-state index contributed by atoms with van der Waals surface area (Å²) < 4.78 is 44.1. The SMILES string of the molecule is CCc1ccc(-c2csc(NC(=O)CCc3nnc(-c4cccc(C(F)(F)F)c4)o3)n2)cc1. The number of benzene rings is 2. The Kier molecular flexibility index (Phi) is 6.55. The lowest BCUT2D eigenvalue weighted by Gasteiger charge is -2.06. The summed E-state index contributed by atoms with van der Waals surface area (Å²) in [7, 11) is 0. The molecule has 4 rings (SSSR count). The van der Waals surface area contributed by atoms with Crippen LogP contribution in [0.3, 0.4) is 0 Å². The van der Waals surface area contributed by atoms with Crippen LogP contribution in [0.2, 0.25) is 0 Å². The Morgan fingerprint density at radius 3 is 2.61 bits per heavy atom. The van der Waals surface area contributed by atoms with E-state index in [2.05, 4.69) is 27.4 Å². The molecule has 0 aliphatic carbocycles. The summed E-state index contributed by atoms with van der Waals surface area (Å²) in [5.74, 6) is -0.153. The summed E-state index contributed by atoms with van der Waals surface area (Å²) in [6.45, 7) is 2.09. The lowest BCUT2D eigenvalue weighted by Crippen LogP contribution is -2.12. The van der Waals surface area contributed by atoms with Crippen LogP contribution in [0.15, 0.2) is 58.3 Å². The molecular weight excluding hydrogens is 453 g/mol. The largest absolute Gasteiger partial charge is 0.421 e. The van der Waals surface area contributed by atoms with Gasteiger partial charge in [0.25, 0.3) is 0 Å². The summed E-state index contributed by atoms with van der Waals surface area (Å²) in [6, 6.07) is 12.7. The van der Waals surface area contributed by atoms with E-state index in [1.54, 1.807) is 0 Å². The first kappa shape index (κ1) is 22.7. The summed E-state index contributed by atoms with van der Waals surface area (Å²) >= 11 is 1.32. The van der Waals surface area contributed by atoms with Crippen LogP contribution in [-0.2, 0) is 23.8 Å². The number of anilines is 1. The number of hydrogen-bond acceptors (Lipinski definition) is 6. The molecule has 1 amide bonds. The molecule has 0 fully saturated rings. The fraction of sp³-hybridized carbons (Fsp3) is 0.217. The molecule has 2 aromatic carbocycles. The highest BCUT2D eigenvalue weighted by atomic mass is 32.1. The van der Waals surface area contributed by atoms with E-state index >= 15 is 0 Å². The van der Waals surface area contributed by atoms with Crippen molar-refractivity contribution in [3.05, 3.63) is 70.9 Å². The van der Waals surface area contributed by atoms with Crippen molar-refractivity contribution in [1.82, 2.24) is 15.2 Å². The van der Waals surface area contributed by atoms with E-state index in [0.29, 0.717) is 5.13 Å². The third-order valence-corrected chi connectivity index (χ3v) is 5.64. The Morgan fingerprint density at radius 2 is 1.88 bits per heavy atom. The lowest BCUT2D eigenvalue weighted by molar-refractivity contribution is -0.137. The van der Waals surface area contributed by atoms with Crippen LogP contribution in [0.1, 0.15) is 30.4 Å². The molecule has 0 saturated heterocycles. The molecule has 4 aromatic rings. The second-order valence-electron chi connectivity index (χ2n) is 7.22. The molecule has 6 nitrogen and oxygen atoms in total. The second kappa shape index (κ2) is 9.53. The van der Waals surface area contributed by atoms with E-state index < -0.39 is 11.7 Å². The molecule has 0 atom stereocenters. The highest BCUT2D eigenvalue weighted by molar-refractivity contribution is 7.14. The maximum absolute atomic E-state index is 12.9. The lowest BCUT2D eigenvalue weighted by atomic mass is 10.1. The predicted octanol–water partition coefficient (Wildman–Crippen LogP) is 6.01. The van der Waals surface area contributed by atoms with E-state index in [-0.39, 0.29) is 36.1 Å². The summed E-state index contributed by atoms with van der Waals surface area (Å²) in [6.07, 6.45) is -3.30. The van der Waals surface area contributed by atoms with Crippen LogP contribution in [0.5, 0.6) is 0 Å². The number of amides is 1. The van der Waals surface area contributed by atoms with Crippen LogP contribution < -0.4 is 5.32 Å². The predicted molar refractivity (Wildman–Crippen MR) is 119 cm³/mol. The van der Waals surface area contributed by atoms with Gasteiger partial charge >= 0.3 is 6.18 Å². The molecule has 0 radical (unpaired) electrons. The topological polar surface area (TPSA) is 80.9 Å². The van der Waals surface area contributed by atoms with Crippen LogP contribution in [0.4, 0.5) is 18.3 Å². The summed E-state index contributed by atoms with van der Waals surface area (Å²) in [5.41, 5.74) is 2.34. The molecule has 1 N–H and O–H groups in total. The fourth-order valence-electron chi connectivity index (χ4n) is 3.08. The zero-order chi connectivity index (χ0) is 23.4. The molecule has 2 aromatic heterocycles. The van der Waals surface area contributed by atoms with Gasteiger partial charge in [0.1, 0.15) is 0 Å². The number of carbonyl (C=O) groups is 1. The van der Waals surface area contributed by atoms with Gasteiger partial charge in [-0.05, 0) is 30.2 Å². The van der Waals surface area contributed by atoms with Crippen molar-refractivity contribution in [1.29, 1.82) is 0 Å². The molecule has 0 aliphatic heterocycles. The van der Waals surface area contributed by atoms with Crippen molar-refractivity contribution in [2.24, 2.45) is 0 Å². The first-order valence-electron chi connectivity index (χ1n) is 10.2. The molecule has 0 bridgehead atoms. The van der Waals surface area contributed by atoms with Crippen molar-refractivity contribution >= 4 is 22.4 Å². The second-order valence-corrected chi connectivity index (χ2v) is 8.07. The van der Waals surface area contributed by atoms with Crippen molar-refractivity contribution in [2.75, 3.05) is 5.32 Å². The van der Waals surface area contributed by atoms with Gasteiger partial charge in [0, 0.05) is 29.3 Å².